The maximum absolute atomic E-state index is 12.6. The van der Waals surface area contributed by atoms with Crippen LogP contribution in [0.3, 0.4) is 0 Å². The lowest BCUT2D eigenvalue weighted by Gasteiger charge is -2.37. The van der Waals surface area contributed by atoms with Gasteiger partial charge in [0, 0.05) is 50.9 Å². The number of nitrogens with zero attached hydrogens (tertiary/aromatic N) is 4. The molecule has 0 aliphatic carbocycles. The predicted molar refractivity (Wildman–Crippen MR) is 101 cm³/mol. The third-order valence-corrected chi connectivity index (χ3v) is 5.39. The summed E-state index contributed by atoms with van der Waals surface area (Å²) < 4.78 is 35.2. The second kappa shape index (κ2) is 8.25. The number of hydrogen-bond acceptors (Lipinski definition) is 6. The van der Waals surface area contributed by atoms with Crippen molar-refractivity contribution < 1.29 is 18.3 Å². The molecular weight excluding hydrogens is 366 g/mol. The lowest BCUT2D eigenvalue weighted by molar-refractivity contribution is -0.0497. The zero-order valence-corrected chi connectivity index (χ0v) is 15.5. The number of piperazine rings is 1. The van der Waals surface area contributed by atoms with Gasteiger partial charge >= 0.3 is 6.61 Å². The third-order valence-electron chi connectivity index (χ3n) is 5.39. The molecule has 28 heavy (non-hydrogen) atoms. The Bertz CT molecular complexity index is 872. The van der Waals surface area contributed by atoms with Crippen LogP contribution >= 0.6 is 0 Å². The topological polar surface area (TPSA) is 61.6 Å². The zero-order valence-electron chi connectivity index (χ0n) is 15.5. The van der Waals surface area contributed by atoms with Gasteiger partial charge in [0.15, 0.2) is 0 Å². The van der Waals surface area contributed by atoms with E-state index in [4.69, 9.17) is 4.74 Å². The summed E-state index contributed by atoms with van der Waals surface area (Å²) >= 11 is 0. The Morgan fingerprint density at radius 3 is 2.79 bits per heavy atom. The van der Waals surface area contributed by atoms with Crippen molar-refractivity contribution in [3.8, 4) is 11.8 Å². The minimum atomic E-state index is -2.89. The zero-order chi connectivity index (χ0) is 19.5. The first-order valence-electron chi connectivity index (χ1n) is 9.47. The van der Waals surface area contributed by atoms with Crippen molar-refractivity contribution in [1.82, 2.24) is 9.88 Å². The van der Waals surface area contributed by atoms with Gasteiger partial charge in [0.25, 0.3) is 0 Å². The van der Waals surface area contributed by atoms with Crippen molar-refractivity contribution in [3.05, 3.63) is 30.0 Å². The summed E-state index contributed by atoms with van der Waals surface area (Å²) in [4.78, 5) is 8.87. The minimum Gasteiger partial charge on any atom is -0.435 e. The molecular formula is C20H22F2N4O2. The Kier molecular flexibility index (Phi) is 5.55. The standard InChI is InChI=1S/C20H22F2N4O2/c21-20(22)28-16-1-2-18-17(9-16)19(15(10-23)11-24-18)26-6-4-25(5-7-26)12-14-3-8-27-13-14/h1-2,9,11,14,20H,3-8,12-13H2. The van der Waals surface area contributed by atoms with Crippen molar-refractivity contribution in [2.24, 2.45) is 5.92 Å². The summed E-state index contributed by atoms with van der Waals surface area (Å²) in [5.74, 6) is 0.664. The van der Waals surface area contributed by atoms with Gasteiger partial charge in [-0.15, -0.1) is 0 Å². The van der Waals surface area contributed by atoms with E-state index in [1.807, 2.05) is 0 Å². The number of nitriles is 1. The number of rotatable bonds is 5. The first kappa shape index (κ1) is 18.8. The number of anilines is 1. The second-order valence-corrected chi connectivity index (χ2v) is 7.21. The number of fused-ring (bicyclic) bond motifs is 1. The number of halogens is 2. The molecule has 2 aliphatic heterocycles. The van der Waals surface area contributed by atoms with E-state index >= 15 is 0 Å². The molecule has 1 aromatic heterocycles. The SMILES string of the molecule is N#Cc1cnc2ccc(OC(F)F)cc2c1N1CCN(CC2CCOC2)CC1. The molecule has 4 rings (SSSR count). The number of hydrogen-bond donors (Lipinski definition) is 0. The van der Waals surface area contributed by atoms with E-state index in [-0.39, 0.29) is 5.75 Å². The smallest absolute Gasteiger partial charge is 0.387 e. The van der Waals surface area contributed by atoms with E-state index in [1.165, 1.54) is 6.07 Å². The summed E-state index contributed by atoms with van der Waals surface area (Å²) in [6.45, 7) is 3.13. The number of benzene rings is 1. The van der Waals surface area contributed by atoms with Gasteiger partial charge in [-0.05, 0) is 30.5 Å². The van der Waals surface area contributed by atoms with E-state index < -0.39 is 6.61 Å². The lowest BCUT2D eigenvalue weighted by Crippen LogP contribution is -2.48. The van der Waals surface area contributed by atoms with Crippen LogP contribution in [-0.2, 0) is 4.74 Å². The fourth-order valence-electron chi connectivity index (χ4n) is 4.00. The van der Waals surface area contributed by atoms with Crippen molar-refractivity contribution in [2.45, 2.75) is 13.0 Å². The fraction of sp³-hybridized carbons (Fsp3) is 0.500. The molecule has 1 unspecified atom stereocenters. The maximum atomic E-state index is 12.6. The van der Waals surface area contributed by atoms with Crippen LogP contribution in [0.15, 0.2) is 24.4 Å². The fourth-order valence-corrected chi connectivity index (χ4v) is 4.00. The predicted octanol–water partition coefficient (Wildman–Crippen LogP) is 2.87. The first-order chi connectivity index (χ1) is 13.6. The van der Waals surface area contributed by atoms with Gasteiger partial charge in [0.1, 0.15) is 11.8 Å². The van der Waals surface area contributed by atoms with E-state index in [9.17, 15) is 14.0 Å². The molecule has 0 N–H and O–H groups in total. The van der Waals surface area contributed by atoms with Gasteiger partial charge in [-0.1, -0.05) is 0 Å². The van der Waals surface area contributed by atoms with Crippen LogP contribution in [0.5, 0.6) is 5.75 Å². The van der Waals surface area contributed by atoms with Crippen LogP contribution in [0.1, 0.15) is 12.0 Å². The highest BCUT2D eigenvalue weighted by Crippen LogP contribution is 2.33. The summed E-state index contributed by atoms with van der Waals surface area (Å²) in [7, 11) is 0. The van der Waals surface area contributed by atoms with Crippen molar-refractivity contribution in [2.75, 3.05) is 50.8 Å². The second-order valence-electron chi connectivity index (χ2n) is 7.21. The number of ether oxygens (including phenoxy) is 2. The maximum Gasteiger partial charge on any atom is 0.387 e. The Morgan fingerprint density at radius 2 is 2.11 bits per heavy atom. The molecule has 1 aromatic carbocycles. The van der Waals surface area contributed by atoms with Gasteiger partial charge < -0.3 is 14.4 Å². The van der Waals surface area contributed by atoms with Crippen LogP contribution < -0.4 is 9.64 Å². The van der Waals surface area contributed by atoms with Crippen LogP contribution in [0.4, 0.5) is 14.5 Å². The molecule has 0 spiro atoms. The van der Waals surface area contributed by atoms with Gasteiger partial charge in [0.05, 0.1) is 23.4 Å². The molecule has 0 radical (unpaired) electrons. The molecule has 148 valence electrons. The number of aromatic nitrogens is 1. The van der Waals surface area contributed by atoms with Crippen molar-refractivity contribution in [1.29, 1.82) is 5.26 Å². The van der Waals surface area contributed by atoms with Crippen LogP contribution in [0, 0.1) is 17.2 Å². The van der Waals surface area contributed by atoms with Crippen LogP contribution in [0.25, 0.3) is 10.9 Å². The largest absolute Gasteiger partial charge is 0.435 e. The van der Waals surface area contributed by atoms with E-state index in [1.54, 1.807) is 18.3 Å². The van der Waals surface area contributed by atoms with Gasteiger partial charge in [-0.25, -0.2) is 0 Å². The highest BCUT2D eigenvalue weighted by atomic mass is 19.3. The first-order valence-corrected chi connectivity index (χ1v) is 9.47. The molecule has 2 aromatic rings. The molecule has 0 amide bonds. The summed E-state index contributed by atoms with van der Waals surface area (Å²) in [5, 5.41) is 10.2. The Balaban J connectivity index is 1.57. The molecule has 2 fully saturated rings. The molecule has 2 saturated heterocycles. The van der Waals surface area contributed by atoms with Crippen molar-refractivity contribution >= 4 is 16.6 Å². The highest BCUT2D eigenvalue weighted by molar-refractivity contribution is 5.95. The summed E-state index contributed by atoms with van der Waals surface area (Å²) in [6, 6.07) is 6.86. The third kappa shape index (κ3) is 4.01. The number of alkyl halides is 2. The van der Waals surface area contributed by atoms with E-state index in [0.29, 0.717) is 22.4 Å². The van der Waals surface area contributed by atoms with Crippen LogP contribution in [-0.4, -0.2) is 62.4 Å². The van der Waals surface area contributed by atoms with Crippen LogP contribution in [0.2, 0.25) is 0 Å². The van der Waals surface area contributed by atoms with Gasteiger partial charge in [-0.3, -0.25) is 9.88 Å². The Morgan fingerprint density at radius 1 is 1.29 bits per heavy atom. The van der Waals surface area contributed by atoms with E-state index in [0.717, 1.165) is 58.0 Å². The minimum absolute atomic E-state index is 0.0699. The monoisotopic (exact) mass is 388 g/mol. The van der Waals surface area contributed by atoms with Gasteiger partial charge in [0.2, 0.25) is 0 Å². The Labute approximate surface area is 162 Å². The molecule has 0 bridgehead atoms. The molecule has 3 heterocycles. The summed E-state index contributed by atoms with van der Waals surface area (Å²) in [6.07, 6.45) is 2.66. The Hall–Kier alpha value is -2.50. The molecule has 6 nitrogen and oxygen atoms in total. The molecule has 0 saturated carbocycles. The lowest BCUT2D eigenvalue weighted by atomic mass is 10.1. The average Bonchev–Trinajstić information content (AvgIpc) is 3.20. The van der Waals surface area contributed by atoms with Gasteiger partial charge in [-0.2, -0.15) is 14.0 Å². The normalized spacial score (nSPS) is 20.6. The molecule has 2 aliphatic rings. The number of pyridine rings is 1. The quantitative estimate of drug-likeness (QED) is 0.785. The molecule has 8 heteroatoms. The summed E-state index contributed by atoms with van der Waals surface area (Å²) in [5.41, 5.74) is 1.84. The molecule has 1 atom stereocenters. The average molecular weight is 388 g/mol. The highest BCUT2D eigenvalue weighted by Gasteiger charge is 2.25. The van der Waals surface area contributed by atoms with Crippen molar-refractivity contribution in [3.63, 3.8) is 0 Å². The van der Waals surface area contributed by atoms with E-state index in [2.05, 4.69) is 25.6 Å².